The number of amides is 1. The summed E-state index contributed by atoms with van der Waals surface area (Å²) in [6.45, 7) is 5.67. The first-order valence-electron chi connectivity index (χ1n) is 6.98. The SMILES string of the molecule is CCCOc1cc(C)ccc1NC(=O)[C@@H]1CCCN1. The van der Waals surface area contributed by atoms with Gasteiger partial charge in [0.05, 0.1) is 18.3 Å². The Morgan fingerprint density at radius 3 is 3.05 bits per heavy atom. The Balaban J connectivity index is 2.07. The van der Waals surface area contributed by atoms with Gasteiger partial charge in [-0.05, 0) is 50.4 Å². The molecule has 1 aliphatic heterocycles. The number of hydrogen-bond acceptors (Lipinski definition) is 3. The van der Waals surface area contributed by atoms with Crippen LogP contribution in [0.5, 0.6) is 5.75 Å². The quantitative estimate of drug-likeness (QED) is 0.857. The number of nitrogens with one attached hydrogen (secondary N) is 2. The lowest BCUT2D eigenvalue weighted by atomic mass is 10.2. The maximum absolute atomic E-state index is 12.1. The fourth-order valence-electron chi connectivity index (χ4n) is 2.19. The molecule has 19 heavy (non-hydrogen) atoms. The van der Waals surface area contributed by atoms with Crippen molar-refractivity contribution in [2.24, 2.45) is 0 Å². The van der Waals surface area contributed by atoms with Crippen LogP contribution < -0.4 is 15.4 Å². The van der Waals surface area contributed by atoms with Gasteiger partial charge in [-0.3, -0.25) is 4.79 Å². The van der Waals surface area contributed by atoms with Crippen LogP contribution in [0.15, 0.2) is 18.2 Å². The molecule has 104 valence electrons. The van der Waals surface area contributed by atoms with Gasteiger partial charge in [0.25, 0.3) is 0 Å². The van der Waals surface area contributed by atoms with Gasteiger partial charge in [-0.2, -0.15) is 0 Å². The maximum atomic E-state index is 12.1. The molecule has 1 aromatic carbocycles. The molecule has 0 bridgehead atoms. The van der Waals surface area contributed by atoms with Crippen LogP contribution in [0.3, 0.4) is 0 Å². The third-order valence-electron chi connectivity index (χ3n) is 3.23. The summed E-state index contributed by atoms with van der Waals surface area (Å²) < 4.78 is 5.70. The predicted octanol–water partition coefficient (Wildman–Crippen LogP) is 2.47. The lowest BCUT2D eigenvalue weighted by Crippen LogP contribution is -2.35. The van der Waals surface area contributed by atoms with Crippen molar-refractivity contribution >= 4 is 11.6 Å². The molecule has 1 aromatic rings. The van der Waals surface area contributed by atoms with Gasteiger partial charge in [0.15, 0.2) is 0 Å². The van der Waals surface area contributed by atoms with Gasteiger partial charge in [-0.25, -0.2) is 0 Å². The monoisotopic (exact) mass is 262 g/mol. The van der Waals surface area contributed by atoms with E-state index in [1.54, 1.807) is 0 Å². The third-order valence-corrected chi connectivity index (χ3v) is 3.23. The van der Waals surface area contributed by atoms with E-state index in [-0.39, 0.29) is 11.9 Å². The molecule has 0 radical (unpaired) electrons. The Kier molecular flexibility index (Phi) is 4.80. The normalized spacial score (nSPS) is 18.3. The minimum absolute atomic E-state index is 0.0303. The zero-order chi connectivity index (χ0) is 13.7. The van der Waals surface area contributed by atoms with E-state index in [4.69, 9.17) is 4.74 Å². The first-order chi connectivity index (χ1) is 9.20. The minimum atomic E-state index is -0.0691. The van der Waals surface area contributed by atoms with Crippen molar-refractivity contribution < 1.29 is 9.53 Å². The van der Waals surface area contributed by atoms with Gasteiger partial charge in [0.1, 0.15) is 5.75 Å². The highest BCUT2D eigenvalue weighted by Crippen LogP contribution is 2.26. The molecule has 1 amide bonds. The number of carbonyl (C=O) groups excluding carboxylic acids is 1. The van der Waals surface area contributed by atoms with Crippen LogP contribution in [-0.4, -0.2) is 25.1 Å². The first kappa shape index (κ1) is 13.9. The number of rotatable bonds is 5. The average Bonchev–Trinajstić information content (AvgIpc) is 2.93. The Morgan fingerprint density at radius 1 is 1.53 bits per heavy atom. The first-order valence-corrected chi connectivity index (χ1v) is 6.98. The number of benzene rings is 1. The van der Waals surface area contributed by atoms with Crippen LogP contribution in [0.1, 0.15) is 31.7 Å². The molecule has 0 aliphatic carbocycles. The second-order valence-electron chi connectivity index (χ2n) is 4.99. The Morgan fingerprint density at radius 2 is 2.37 bits per heavy atom. The summed E-state index contributed by atoms with van der Waals surface area (Å²) >= 11 is 0. The van der Waals surface area contributed by atoms with Gasteiger partial charge >= 0.3 is 0 Å². The molecule has 0 unspecified atom stereocenters. The second-order valence-corrected chi connectivity index (χ2v) is 4.99. The highest BCUT2D eigenvalue weighted by atomic mass is 16.5. The molecule has 0 aromatic heterocycles. The van der Waals surface area contributed by atoms with Crippen molar-refractivity contribution in [1.29, 1.82) is 0 Å². The van der Waals surface area contributed by atoms with E-state index in [0.717, 1.165) is 42.8 Å². The summed E-state index contributed by atoms with van der Waals surface area (Å²) in [5, 5.41) is 6.16. The van der Waals surface area contributed by atoms with E-state index < -0.39 is 0 Å². The van der Waals surface area contributed by atoms with Crippen molar-refractivity contribution in [1.82, 2.24) is 5.32 Å². The van der Waals surface area contributed by atoms with E-state index in [2.05, 4.69) is 17.6 Å². The summed E-state index contributed by atoms with van der Waals surface area (Å²) in [5.41, 5.74) is 1.89. The summed E-state index contributed by atoms with van der Waals surface area (Å²) in [6.07, 6.45) is 2.92. The molecule has 1 aliphatic rings. The van der Waals surface area contributed by atoms with E-state index in [0.29, 0.717) is 6.61 Å². The number of carbonyl (C=O) groups is 1. The van der Waals surface area contributed by atoms with Gasteiger partial charge in [0, 0.05) is 0 Å². The minimum Gasteiger partial charge on any atom is -0.491 e. The Hall–Kier alpha value is -1.55. The van der Waals surface area contributed by atoms with E-state index >= 15 is 0 Å². The van der Waals surface area contributed by atoms with Crippen molar-refractivity contribution in [3.8, 4) is 5.75 Å². The molecule has 4 nitrogen and oxygen atoms in total. The highest BCUT2D eigenvalue weighted by molar-refractivity contribution is 5.96. The summed E-state index contributed by atoms with van der Waals surface area (Å²) in [6, 6.07) is 5.79. The van der Waals surface area contributed by atoms with Crippen molar-refractivity contribution in [2.75, 3.05) is 18.5 Å². The number of anilines is 1. The Labute approximate surface area is 114 Å². The number of hydrogen-bond donors (Lipinski definition) is 2. The van der Waals surface area contributed by atoms with Crippen LogP contribution in [-0.2, 0) is 4.79 Å². The average molecular weight is 262 g/mol. The molecule has 1 atom stereocenters. The largest absolute Gasteiger partial charge is 0.491 e. The topological polar surface area (TPSA) is 50.4 Å². The molecular formula is C15H22N2O2. The Bertz CT molecular complexity index is 440. The summed E-state index contributed by atoms with van der Waals surface area (Å²) in [7, 11) is 0. The van der Waals surface area contributed by atoms with Gasteiger partial charge in [-0.1, -0.05) is 13.0 Å². The summed E-state index contributed by atoms with van der Waals surface area (Å²) in [4.78, 5) is 12.1. The molecule has 0 saturated carbocycles. The molecule has 0 spiro atoms. The smallest absolute Gasteiger partial charge is 0.241 e. The van der Waals surface area contributed by atoms with Crippen LogP contribution in [0.2, 0.25) is 0 Å². The van der Waals surface area contributed by atoms with Gasteiger partial charge in [0.2, 0.25) is 5.91 Å². The molecule has 4 heteroatoms. The lowest BCUT2D eigenvalue weighted by molar-refractivity contribution is -0.117. The van der Waals surface area contributed by atoms with Crippen LogP contribution >= 0.6 is 0 Å². The summed E-state index contributed by atoms with van der Waals surface area (Å²) in [5.74, 6) is 0.788. The van der Waals surface area contributed by atoms with Crippen LogP contribution in [0.25, 0.3) is 0 Å². The number of ether oxygens (including phenoxy) is 1. The second kappa shape index (κ2) is 6.57. The predicted molar refractivity (Wildman–Crippen MR) is 76.6 cm³/mol. The molecule has 2 N–H and O–H groups in total. The lowest BCUT2D eigenvalue weighted by Gasteiger charge is -2.15. The van der Waals surface area contributed by atoms with Crippen LogP contribution in [0, 0.1) is 6.92 Å². The van der Waals surface area contributed by atoms with Gasteiger partial charge < -0.3 is 15.4 Å². The zero-order valence-electron chi connectivity index (χ0n) is 11.7. The van der Waals surface area contributed by atoms with E-state index in [1.807, 2.05) is 25.1 Å². The van der Waals surface area contributed by atoms with Crippen LogP contribution in [0.4, 0.5) is 5.69 Å². The fourth-order valence-corrected chi connectivity index (χ4v) is 2.19. The van der Waals surface area contributed by atoms with Crippen molar-refractivity contribution in [2.45, 2.75) is 39.2 Å². The standard InChI is InChI=1S/C15H22N2O2/c1-3-9-19-14-10-11(2)6-7-12(14)17-15(18)13-5-4-8-16-13/h6-7,10,13,16H,3-5,8-9H2,1-2H3,(H,17,18)/t13-/m0/s1. The molecule has 1 saturated heterocycles. The third kappa shape index (κ3) is 3.70. The van der Waals surface area contributed by atoms with Gasteiger partial charge in [-0.15, -0.1) is 0 Å². The molecular weight excluding hydrogens is 240 g/mol. The number of aryl methyl sites for hydroxylation is 1. The van der Waals surface area contributed by atoms with E-state index in [1.165, 1.54) is 0 Å². The zero-order valence-corrected chi connectivity index (χ0v) is 11.7. The highest BCUT2D eigenvalue weighted by Gasteiger charge is 2.22. The molecule has 1 fully saturated rings. The van der Waals surface area contributed by atoms with E-state index in [9.17, 15) is 4.79 Å². The molecule has 2 rings (SSSR count). The van der Waals surface area contributed by atoms with Crippen molar-refractivity contribution in [3.63, 3.8) is 0 Å². The van der Waals surface area contributed by atoms with Crippen molar-refractivity contribution in [3.05, 3.63) is 23.8 Å². The molecule has 1 heterocycles. The maximum Gasteiger partial charge on any atom is 0.241 e. The fraction of sp³-hybridized carbons (Fsp3) is 0.533.